The largest absolute Gasteiger partial charge is 0.450 e. The third-order valence-corrected chi connectivity index (χ3v) is 14.1. The molecule has 8 aromatic rings. The zero-order chi connectivity index (χ0) is 32.7. The van der Waals surface area contributed by atoms with Crippen LogP contribution in [0.15, 0.2) is 158 Å². The summed E-state index contributed by atoms with van der Waals surface area (Å²) in [5.41, 5.74) is 10.1. The number of fused-ring (bicyclic) bond motifs is 7. The summed E-state index contributed by atoms with van der Waals surface area (Å²) < 4.78 is 12.3. The Morgan fingerprint density at radius 3 is 1.49 bits per heavy atom. The fourth-order valence-corrected chi connectivity index (χ4v) is 11.2. The highest BCUT2D eigenvalue weighted by molar-refractivity contribution is 7.03. The molecular formula is C46H32O2Si. The van der Waals surface area contributed by atoms with Gasteiger partial charge in [0.2, 0.25) is 0 Å². The number of hydrogen-bond donors (Lipinski definition) is 0. The zero-order valence-corrected chi connectivity index (χ0v) is 28.3. The Hall–Kier alpha value is -5.90. The average Bonchev–Trinajstić information content (AvgIpc) is 3.38. The topological polar surface area (TPSA) is 18.5 Å². The molecule has 0 saturated carbocycles. The molecule has 2 nitrogen and oxygen atoms in total. The minimum atomic E-state index is -1.82. The van der Waals surface area contributed by atoms with Crippen LogP contribution in [0.4, 0.5) is 0 Å². The summed E-state index contributed by atoms with van der Waals surface area (Å²) in [6.45, 7) is 4.99. The first kappa shape index (κ1) is 28.1. The van der Waals surface area contributed by atoms with Gasteiger partial charge in [-0.15, -0.1) is 0 Å². The van der Waals surface area contributed by atoms with Gasteiger partial charge in [-0.1, -0.05) is 147 Å². The van der Waals surface area contributed by atoms with E-state index in [1.807, 2.05) is 30.3 Å². The number of rotatable bonds is 3. The van der Waals surface area contributed by atoms with Crippen molar-refractivity contribution < 1.29 is 9.47 Å². The summed E-state index contributed by atoms with van der Waals surface area (Å²) in [6.07, 6.45) is 0. The van der Waals surface area contributed by atoms with Crippen molar-refractivity contribution in [2.45, 2.75) is 13.1 Å². The summed E-state index contributed by atoms with van der Waals surface area (Å²) in [7, 11) is -1.82. The molecule has 49 heavy (non-hydrogen) atoms. The van der Waals surface area contributed by atoms with Crippen molar-refractivity contribution in [1.82, 2.24) is 0 Å². The zero-order valence-electron chi connectivity index (χ0n) is 27.3. The molecular weight excluding hydrogens is 613 g/mol. The maximum atomic E-state index is 6.21. The minimum absolute atomic E-state index is 0.731. The van der Waals surface area contributed by atoms with Crippen molar-refractivity contribution in [1.29, 1.82) is 0 Å². The van der Waals surface area contributed by atoms with Gasteiger partial charge in [-0.2, -0.15) is 0 Å². The maximum Gasteiger partial charge on any atom is 0.170 e. The van der Waals surface area contributed by atoms with Gasteiger partial charge < -0.3 is 9.47 Å². The normalized spacial score (nSPS) is 13.6. The Morgan fingerprint density at radius 2 is 0.816 bits per heavy atom. The smallest absolute Gasteiger partial charge is 0.170 e. The minimum Gasteiger partial charge on any atom is -0.450 e. The highest BCUT2D eigenvalue weighted by Crippen LogP contribution is 2.47. The monoisotopic (exact) mass is 644 g/mol. The molecule has 3 heteroatoms. The van der Waals surface area contributed by atoms with Crippen molar-refractivity contribution in [3.63, 3.8) is 0 Å². The van der Waals surface area contributed by atoms with Crippen LogP contribution in [-0.2, 0) is 0 Å². The van der Waals surface area contributed by atoms with Crippen LogP contribution in [0.5, 0.6) is 23.0 Å². The quantitative estimate of drug-likeness (QED) is 0.141. The lowest BCUT2D eigenvalue weighted by Crippen LogP contribution is -2.49. The predicted octanol–water partition coefficient (Wildman–Crippen LogP) is 11.7. The second-order valence-corrected chi connectivity index (χ2v) is 18.0. The number of para-hydroxylation sites is 2. The lowest BCUT2D eigenvalue weighted by molar-refractivity contribution is 0.360. The number of benzene rings is 8. The van der Waals surface area contributed by atoms with Crippen LogP contribution in [0.3, 0.4) is 0 Å². The standard InChI is InChI=1S/C46H32O2Si/c1-49(2)43-18-10-7-11-33(43)34-25-23-32(28-44(34)49)46-37-14-5-3-12-35(37)45(36-13-4-6-15-38(36)46)30-21-19-29(20-22-30)31-24-26-41-42(27-31)48-40-17-9-8-16-39(40)47-41/h3-28H,1-2H3. The molecule has 0 unspecified atom stereocenters. The molecule has 2 heterocycles. The summed E-state index contributed by atoms with van der Waals surface area (Å²) in [6, 6.07) is 57.0. The van der Waals surface area contributed by atoms with Crippen molar-refractivity contribution in [2.24, 2.45) is 0 Å². The molecule has 2 aliphatic heterocycles. The van der Waals surface area contributed by atoms with E-state index in [1.54, 1.807) is 0 Å². The van der Waals surface area contributed by atoms with Crippen LogP contribution >= 0.6 is 0 Å². The highest BCUT2D eigenvalue weighted by atomic mass is 28.3. The van der Waals surface area contributed by atoms with E-state index in [0.717, 1.165) is 34.1 Å². The molecule has 0 N–H and O–H groups in total. The first-order valence-corrected chi connectivity index (χ1v) is 19.9. The molecule has 0 radical (unpaired) electrons. The van der Waals surface area contributed by atoms with Crippen LogP contribution in [0.25, 0.3) is 66.1 Å². The average molecular weight is 645 g/mol. The van der Waals surface area contributed by atoms with E-state index in [-0.39, 0.29) is 0 Å². The fraction of sp³-hybridized carbons (Fsp3) is 0.0435. The molecule has 0 atom stereocenters. The van der Waals surface area contributed by atoms with E-state index in [4.69, 9.17) is 9.47 Å². The van der Waals surface area contributed by atoms with Crippen LogP contribution in [-0.4, -0.2) is 8.07 Å². The molecule has 0 spiro atoms. The molecule has 232 valence electrons. The van der Waals surface area contributed by atoms with E-state index in [2.05, 4.69) is 140 Å². The van der Waals surface area contributed by atoms with Crippen LogP contribution in [0, 0.1) is 0 Å². The van der Waals surface area contributed by atoms with Crippen molar-refractivity contribution in [3.8, 4) is 67.5 Å². The van der Waals surface area contributed by atoms with E-state index in [0.29, 0.717) is 0 Å². The molecule has 0 amide bonds. The van der Waals surface area contributed by atoms with Crippen molar-refractivity contribution in [2.75, 3.05) is 0 Å². The molecule has 2 aliphatic rings. The molecule has 0 aliphatic carbocycles. The number of hydrogen-bond acceptors (Lipinski definition) is 2. The van der Waals surface area contributed by atoms with Crippen LogP contribution in [0.1, 0.15) is 0 Å². The van der Waals surface area contributed by atoms with E-state index < -0.39 is 8.07 Å². The van der Waals surface area contributed by atoms with E-state index >= 15 is 0 Å². The van der Waals surface area contributed by atoms with Gasteiger partial charge in [-0.25, -0.2) is 0 Å². The van der Waals surface area contributed by atoms with Gasteiger partial charge in [0.15, 0.2) is 23.0 Å². The third-order valence-electron chi connectivity index (χ3n) is 10.5. The molecule has 8 aromatic carbocycles. The van der Waals surface area contributed by atoms with Crippen LogP contribution in [0.2, 0.25) is 13.1 Å². The van der Waals surface area contributed by atoms with Gasteiger partial charge in [-0.3, -0.25) is 0 Å². The molecule has 0 bridgehead atoms. The van der Waals surface area contributed by atoms with Gasteiger partial charge in [0.25, 0.3) is 0 Å². The fourth-order valence-electron chi connectivity index (χ4n) is 8.15. The van der Waals surface area contributed by atoms with Gasteiger partial charge in [0.05, 0.1) is 0 Å². The second-order valence-electron chi connectivity index (χ2n) is 13.7. The summed E-state index contributed by atoms with van der Waals surface area (Å²) in [5, 5.41) is 8.16. The first-order chi connectivity index (χ1) is 24.0. The van der Waals surface area contributed by atoms with Gasteiger partial charge in [0, 0.05) is 0 Å². The Labute approximate surface area is 286 Å². The molecule has 0 fully saturated rings. The van der Waals surface area contributed by atoms with Gasteiger partial charge in [0.1, 0.15) is 8.07 Å². The van der Waals surface area contributed by atoms with E-state index in [1.165, 1.54) is 65.3 Å². The SMILES string of the molecule is C[Si]1(C)c2ccccc2-c2ccc(-c3c4ccccc4c(-c4ccc(-c5ccc6c(c5)Oc5ccccc5O6)cc4)c4ccccc34)cc21. The van der Waals surface area contributed by atoms with Crippen molar-refractivity contribution >= 4 is 40.0 Å². The number of ether oxygens (including phenoxy) is 2. The lowest BCUT2D eigenvalue weighted by atomic mass is 9.85. The Bertz CT molecular complexity index is 2580. The highest BCUT2D eigenvalue weighted by Gasteiger charge is 2.37. The molecule has 0 saturated heterocycles. The lowest BCUT2D eigenvalue weighted by Gasteiger charge is -2.21. The van der Waals surface area contributed by atoms with Crippen LogP contribution < -0.4 is 19.8 Å². The predicted molar refractivity (Wildman–Crippen MR) is 207 cm³/mol. The van der Waals surface area contributed by atoms with Crippen molar-refractivity contribution in [3.05, 3.63) is 158 Å². The van der Waals surface area contributed by atoms with E-state index in [9.17, 15) is 0 Å². The Balaban J connectivity index is 1.09. The second kappa shape index (κ2) is 10.5. The molecule has 0 aromatic heterocycles. The van der Waals surface area contributed by atoms with Gasteiger partial charge >= 0.3 is 0 Å². The first-order valence-electron chi connectivity index (χ1n) is 16.9. The Kier molecular flexibility index (Phi) is 6.06. The Morgan fingerprint density at radius 1 is 0.347 bits per heavy atom. The summed E-state index contributed by atoms with van der Waals surface area (Å²) in [4.78, 5) is 0. The van der Waals surface area contributed by atoms with Gasteiger partial charge in [-0.05, 0) is 101 Å². The summed E-state index contributed by atoms with van der Waals surface area (Å²) >= 11 is 0. The summed E-state index contributed by atoms with van der Waals surface area (Å²) in [5.74, 6) is 2.94. The maximum absolute atomic E-state index is 6.21. The third kappa shape index (κ3) is 4.26. The molecule has 10 rings (SSSR count).